The summed E-state index contributed by atoms with van der Waals surface area (Å²) in [5.41, 5.74) is 1.03. The Morgan fingerprint density at radius 1 is 1.12 bits per heavy atom. The Morgan fingerprint density at radius 3 is 2.60 bits per heavy atom. The molecule has 1 amide bonds. The second-order valence-electron chi connectivity index (χ2n) is 6.41. The van der Waals surface area contributed by atoms with Crippen LogP contribution in [0.5, 0.6) is 11.5 Å². The molecule has 2 rings (SSSR count). The summed E-state index contributed by atoms with van der Waals surface area (Å²) >= 11 is 0. The molecule has 1 saturated carbocycles. The zero-order chi connectivity index (χ0) is 18.1. The van der Waals surface area contributed by atoms with Gasteiger partial charge in [-0.05, 0) is 43.4 Å². The molecule has 0 heterocycles. The molecule has 1 aromatic carbocycles. The number of hydrogen-bond acceptors (Lipinski definition) is 5. The molecule has 0 unspecified atom stereocenters. The van der Waals surface area contributed by atoms with Crippen LogP contribution >= 0.6 is 0 Å². The van der Waals surface area contributed by atoms with Crippen LogP contribution in [0.1, 0.15) is 37.7 Å². The predicted molar refractivity (Wildman–Crippen MR) is 93.8 cm³/mol. The van der Waals surface area contributed by atoms with E-state index in [2.05, 4.69) is 5.32 Å². The molecule has 0 aromatic heterocycles. The molecule has 0 aliphatic heterocycles. The maximum Gasteiger partial charge on any atom is 0.344 e. The monoisotopic (exact) mass is 349 g/mol. The topological polar surface area (TPSA) is 73.9 Å². The van der Waals surface area contributed by atoms with Crippen LogP contribution in [-0.2, 0) is 14.3 Å². The fourth-order valence-electron chi connectivity index (χ4n) is 2.92. The zero-order valence-electron chi connectivity index (χ0n) is 15.0. The SMILES string of the molecule is COc1cc(C)ccc1OCC(=O)OCC(=O)NCC1CCCCC1. The molecule has 25 heavy (non-hydrogen) atoms. The molecular formula is C19H27NO5. The normalized spacial score (nSPS) is 14.6. The standard InChI is InChI=1S/C19H27NO5/c1-14-8-9-16(17(10-14)23-2)24-13-19(22)25-12-18(21)20-11-15-6-4-3-5-7-15/h8-10,15H,3-7,11-13H2,1-2H3,(H,20,21). The lowest BCUT2D eigenvalue weighted by Crippen LogP contribution is -2.34. The second-order valence-corrected chi connectivity index (χ2v) is 6.41. The van der Waals surface area contributed by atoms with Gasteiger partial charge in [0.05, 0.1) is 7.11 Å². The quantitative estimate of drug-likeness (QED) is 0.730. The van der Waals surface area contributed by atoms with Crippen molar-refractivity contribution < 1.29 is 23.8 Å². The molecule has 6 heteroatoms. The van der Waals surface area contributed by atoms with E-state index in [1.165, 1.54) is 26.4 Å². The minimum atomic E-state index is -0.588. The number of carbonyl (C=O) groups excluding carboxylic acids is 2. The van der Waals surface area contributed by atoms with E-state index in [0.29, 0.717) is 24.0 Å². The van der Waals surface area contributed by atoms with Crippen LogP contribution in [0.4, 0.5) is 0 Å². The van der Waals surface area contributed by atoms with E-state index in [9.17, 15) is 9.59 Å². The average molecular weight is 349 g/mol. The van der Waals surface area contributed by atoms with Gasteiger partial charge in [0.15, 0.2) is 24.7 Å². The fraction of sp³-hybridized carbons (Fsp3) is 0.579. The summed E-state index contributed by atoms with van der Waals surface area (Å²) in [6.45, 7) is 2.05. The highest BCUT2D eigenvalue weighted by Gasteiger charge is 2.15. The van der Waals surface area contributed by atoms with E-state index in [1.807, 2.05) is 19.1 Å². The highest BCUT2D eigenvalue weighted by atomic mass is 16.6. The van der Waals surface area contributed by atoms with Gasteiger partial charge in [-0.15, -0.1) is 0 Å². The van der Waals surface area contributed by atoms with Crippen LogP contribution in [0, 0.1) is 12.8 Å². The summed E-state index contributed by atoms with van der Waals surface area (Å²) in [7, 11) is 1.54. The molecule has 0 atom stereocenters. The van der Waals surface area contributed by atoms with Crippen LogP contribution in [0.3, 0.4) is 0 Å². The Labute approximate surface area is 148 Å². The lowest BCUT2D eigenvalue weighted by atomic mass is 9.89. The van der Waals surface area contributed by atoms with Crippen molar-refractivity contribution in [3.8, 4) is 11.5 Å². The van der Waals surface area contributed by atoms with Gasteiger partial charge < -0.3 is 19.5 Å². The molecule has 1 aromatic rings. The van der Waals surface area contributed by atoms with Crippen LogP contribution < -0.4 is 14.8 Å². The van der Waals surface area contributed by atoms with E-state index < -0.39 is 5.97 Å². The van der Waals surface area contributed by atoms with Crippen molar-refractivity contribution in [1.29, 1.82) is 0 Å². The van der Waals surface area contributed by atoms with Gasteiger partial charge in [0.1, 0.15) is 0 Å². The lowest BCUT2D eigenvalue weighted by Gasteiger charge is -2.21. The van der Waals surface area contributed by atoms with Gasteiger partial charge in [-0.2, -0.15) is 0 Å². The largest absolute Gasteiger partial charge is 0.493 e. The Kier molecular flexibility index (Phi) is 7.57. The summed E-state index contributed by atoms with van der Waals surface area (Å²) in [5, 5.41) is 2.83. The van der Waals surface area contributed by atoms with Crippen molar-refractivity contribution in [1.82, 2.24) is 5.32 Å². The number of nitrogens with one attached hydrogen (secondary N) is 1. The first-order chi connectivity index (χ1) is 12.1. The number of amides is 1. The smallest absolute Gasteiger partial charge is 0.344 e. The molecule has 1 fully saturated rings. The number of hydrogen-bond donors (Lipinski definition) is 1. The molecule has 0 spiro atoms. The lowest BCUT2D eigenvalue weighted by molar-refractivity contribution is -0.150. The van der Waals surface area contributed by atoms with E-state index >= 15 is 0 Å². The second kappa shape index (κ2) is 9.91. The van der Waals surface area contributed by atoms with E-state index in [4.69, 9.17) is 14.2 Å². The van der Waals surface area contributed by atoms with Gasteiger partial charge in [-0.25, -0.2) is 4.79 Å². The molecular weight excluding hydrogens is 322 g/mol. The third kappa shape index (κ3) is 6.64. The molecule has 138 valence electrons. The summed E-state index contributed by atoms with van der Waals surface area (Å²) in [4.78, 5) is 23.5. The Hall–Kier alpha value is -2.24. The number of benzene rings is 1. The Bertz CT molecular complexity index is 581. The summed E-state index contributed by atoms with van der Waals surface area (Å²) in [6.07, 6.45) is 6.07. The summed E-state index contributed by atoms with van der Waals surface area (Å²) in [5.74, 6) is 0.706. The first-order valence-electron chi connectivity index (χ1n) is 8.78. The number of ether oxygens (including phenoxy) is 3. The highest BCUT2D eigenvalue weighted by Crippen LogP contribution is 2.27. The van der Waals surface area contributed by atoms with Crippen molar-refractivity contribution in [3.05, 3.63) is 23.8 Å². The van der Waals surface area contributed by atoms with Gasteiger partial charge in [0.2, 0.25) is 0 Å². The number of carbonyl (C=O) groups is 2. The predicted octanol–water partition coefficient (Wildman–Crippen LogP) is 2.62. The fourth-order valence-corrected chi connectivity index (χ4v) is 2.92. The number of esters is 1. The third-order valence-corrected chi connectivity index (χ3v) is 4.34. The van der Waals surface area contributed by atoms with Crippen molar-refractivity contribution in [2.75, 3.05) is 26.9 Å². The van der Waals surface area contributed by atoms with Crippen LogP contribution in [0.2, 0.25) is 0 Å². The van der Waals surface area contributed by atoms with Gasteiger partial charge in [-0.1, -0.05) is 25.3 Å². The van der Waals surface area contributed by atoms with Crippen LogP contribution in [0.25, 0.3) is 0 Å². The highest BCUT2D eigenvalue weighted by molar-refractivity contribution is 5.80. The number of aryl methyl sites for hydroxylation is 1. The van der Waals surface area contributed by atoms with E-state index in [1.54, 1.807) is 6.07 Å². The van der Waals surface area contributed by atoms with Gasteiger partial charge in [0, 0.05) is 6.54 Å². The van der Waals surface area contributed by atoms with Gasteiger partial charge >= 0.3 is 5.97 Å². The van der Waals surface area contributed by atoms with Crippen LogP contribution in [-0.4, -0.2) is 38.7 Å². The van der Waals surface area contributed by atoms with Crippen LogP contribution in [0.15, 0.2) is 18.2 Å². The number of methoxy groups -OCH3 is 1. The summed E-state index contributed by atoms with van der Waals surface area (Å²) in [6, 6.07) is 5.42. The Morgan fingerprint density at radius 2 is 1.88 bits per heavy atom. The zero-order valence-corrected chi connectivity index (χ0v) is 15.0. The molecule has 0 saturated heterocycles. The van der Waals surface area contributed by atoms with Crippen molar-refractivity contribution >= 4 is 11.9 Å². The van der Waals surface area contributed by atoms with E-state index in [-0.39, 0.29) is 19.1 Å². The summed E-state index contributed by atoms with van der Waals surface area (Å²) < 4.78 is 15.6. The van der Waals surface area contributed by atoms with Gasteiger partial charge in [0.25, 0.3) is 5.91 Å². The minimum absolute atomic E-state index is 0.269. The molecule has 1 aliphatic rings. The molecule has 0 radical (unpaired) electrons. The Balaban J connectivity index is 1.65. The third-order valence-electron chi connectivity index (χ3n) is 4.34. The number of rotatable bonds is 8. The van der Waals surface area contributed by atoms with Crippen molar-refractivity contribution in [2.24, 2.45) is 5.92 Å². The first kappa shape index (κ1) is 19.1. The molecule has 6 nitrogen and oxygen atoms in total. The maximum absolute atomic E-state index is 11.8. The average Bonchev–Trinajstić information content (AvgIpc) is 2.64. The van der Waals surface area contributed by atoms with Gasteiger partial charge in [-0.3, -0.25) is 4.79 Å². The maximum atomic E-state index is 11.8. The van der Waals surface area contributed by atoms with Crippen molar-refractivity contribution in [2.45, 2.75) is 39.0 Å². The minimum Gasteiger partial charge on any atom is -0.493 e. The molecule has 0 bridgehead atoms. The molecule has 1 aliphatic carbocycles. The first-order valence-corrected chi connectivity index (χ1v) is 8.78. The van der Waals surface area contributed by atoms with Crippen molar-refractivity contribution in [3.63, 3.8) is 0 Å². The molecule has 1 N–H and O–H groups in total. The van der Waals surface area contributed by atoms with E-state index in [0.717, 1.165) is 18.4 Å².